The van der Waals surface area contributed by atoms with Crippen LogP contribution in [0.2, 0.25) is 0 Å². The fourth-order valence-corrected chi connectivity index (χ4v) is 5.20. The molecule has 0 saturated carbocycles. The number of rotatable bonds is 5. The molecule has 1 aliphatic carbocycles. The van der Waals surface area contributed by atoms with Crippen LogP contribution in [0.15, 0.2) is 89.6 Å². The van der Waals surface area contributed by atoms with Crippen molar-refractivity contribution in [2.45, 2.75) is 32.1 Å². The molecule has 3 aromatic carbocycles. The van der Waals surface area contributed by atoms with E-state index < -0.39 is 10.8 Å². The van der Waals surface area contributed by atoms with Crippen LogP contribution in [0.4, 0.5) is 11.4 Å². The number of hydrogen-bond acceptors (Lipinski definition) is 6. The first-order valence-corrected chi connectivity index (χ1v) is 12.3. The van der Waals surface area contributed by atoms with Crippen molar-refractivity contribution in [1.29, 1.82) is 5.41 Å². The highest BCUT2D eigenvalue weighted by Gasteiger charge is 2.43. The second-order valence-corrected chi connectivity index (χ2v) is 9.43. The zero-order valence-corrected chi connectivity index (χ0v) is 21.1. The monoisotopic (exact) mass is 509 g/mol. The molecule has 2 aliphatic rings. The number of ether oxygens (including phenoxy) is 1. The van der Waals surface area contributed by atoms with Gasteiger partial charge in [0.2, 0.25) is 0 Å². The standard InChI is InChI=1S/C30H27N3O5/c1-18-6-8-20(9-7-18)29(35)28-26(19-10-16-23(38-2)17-11-19)27-24(4-3-5-25(27)34)32(30(28)31)21-12-14-22(15-13-21)33(36)37/h6-17,26,31,35H,3-5H2,1-2H3/t26-/m1/s1. The number of nitro groups is 1. The van der Waals surface area contributed by atoms with Crippen molar-refractivity contribution in [3.63, 3.8) is 0 Å². The predicted octanol–water partition coefficient (Wildman–Crippen LogP) is 6.47. The molecule has 192 valence electrons. The molecule has 1 heterocycles. The van der Waals surface area contributed by atoms with Crippen LogP contribution >= 0.6 is 0 Å². The van der Waals surface area contributed by atoms with Crippen LogP contribution in [0, 0.1) is 22.4 Å². The molecule has 0 radical (unpaired) electrons. The summed E-state index contributed by atoms with van der Waals surface area (Å²) in [5, 5.41) is 32.3. The van der Waals surface area contributed by atoms with Gasteiger partial charge in [-0.05, 0) is 49.6 Å². The smallest absolute Gasteiger partial charge is 0.269 e. The van der Waals surface area contributed by atoms with Crippen molar-refractivity contribution in [3.05, 3.63) is 116 Å². The van der Waals surface area contributed by atoms with Gasteiger partial charge in [0.05, 0.1) is 12.0 Å². The first kappa shape index (κ1) is 25.0. The molecule has 2 N–H and O–H groups in total. The van der Waals surface area contributed by atoms with Crippen LogP contribution in [-0.4, -0.2) is 28.8 Å². The van der Waals surface area contributed by atoms with Crippen LogP contribution in [0.1, 0.15) is 41.9 Å². The van der Waals surface area contributed by atoms with Crippen molar-refractivity contribution in [3.8, 4) is 5.75 Å². The van der Waals surface area contributed by atoms with Crippen LogP contribution in [0.25, 0.3) is 5.76 Å². The number of nitrogens with one attached hydrogen (secondary N) is 1. The van der Waals surface area contributed by atoms with Gasteiger partial charge in [-0.1, -0.05) is 42.0 Å². The van der Waals surface area contributed by atoms with Crippen molar-refractivity contribution < 1.29 is 19.6 Å². The summed E-state index contributed by atoms with van der Waals surface area (Å²) in [4.78, 5) is 25.9. The van der Waals surface area contributed by atoms with E-state index in [9.17, 15) is 25.4 Å². The zero-order valence-electron chi connectivity index (χ0n) is 21.1. The van der Waals surface area contributed by atoms with E-state index in [1.807, 2.05) is 31.2 Å². The van der Waals surface area contributed by atoms with E-state index in [-0.39, 0.29) is 23.1 Å². The van der Waals surface area contributed by atoms with Gasteiger partial charge >= 0.3 is 0 Å². The first-order valence-electron chi connectivity index (χ1n) is 12.3. The number of aliphatic hydroxyl groups is 1. The number of carbonyl (C=O) groups is 1. The van der Waals surface area contributed by atoms with Gasteiger partial charge < -0.3 is 9.84 Å². The Morgan fingerprint density at radius 3 is 2.29 bits per heavy atom. The van der Waals surface area contributed by atoms with Crippen LogP contribution in [0.3, 0.4) is 0 Å². The van der Waals surface area contributed by atoms with E-state index in [1.165, 1.54) is 12.1 Å². The predicted molar refractivity (Wildman–Crippen MR) is 146 cm³/mol. The van der Waals surface area contributed by atoms with Gasteiger partial charge in [-0.25, -0.2) is 0 Å². The Kier molecular flexibility index (Phi) is 6.55. The third-order valence-electron chi connectivity index (χ3n) is 7.10. The molecular weight excluding hydrogens is 482 g/mol. The fourth-order valence-electron chi connectivity index (χ4n) is 5.20. The van der Waals surface area contributed by atoms with Crippen molar-refractivity contribution in [2.24, 2.45) is 0 Å². The fraction of sp³-hybridized carbons (Fsp3) is 0.200. The van der Waals surface area contributed by atoms with Crippen LogP contribution in [-0.2, 0) is 4.79 Å². The third kappa shape index (κ3) is 4.34. The molecule has 8 nitrogen and oxygen atoms in total. The number of ketones is 1. The highest BCUT2D eigenvalue weighted by Crippen LogP contribution is 2.48. The average molecular weight is 510 g/mol. The number of hydrogen-bond donors (Lipinski definition) is 2. The number of aliphatic hydroxyl groups excluding tert-OH is 1. The minimum atomic E-state index is -0.660. The number of nitrogens with zero attached hydrogens (tertiary/aromatic N) is 2. The van der Waals surface area contributed by atoms with E-state index in [0.29, 0.717) is 53.1 Å². The quantitative estimate of drug-likeness (QED) is 0.231. The number of anilines is 1. The van der Waals surface area contributed by atoms with Gasteiger partial charge in [0.25, 0.3) is 5.69 Å². The van der Waals surface area contributed by atoms with E-state index in [2.05, 4.69) is 0 Å². The van der Waals surface area contributed by atoms with Crippen LogP contribution < -0.4 is 9.64 Å². The Hall–Kier alpha value is -4.72. The molecule has 0 aromatic heterocycles. The lowest BCUT2D eigenvalue weighted by Crippen LogP contribution is -2.42. The Balaban J connectivity index is 1.78. The number of Topliss-reactive ketones (excluding diaryl/α,β-unsaturated/α-hetero) is 1. The zero-order chi connectivity index (χ0) is 27.0. The summed E-state index contributed by atoms with van der Waals surface area (Å²) in [6, 6.07) is 20.6. The summed E-state index contributed by atoms with van der Waals surface area (Å²) < 4.78 is 5.32. The Morgan fingerprint density at radius 2 is 1.68 bits per heavy atom. The first-order chi connectivity index (χ1) is 18.3. The van der Waals surface area contributed by atoms with Gasteiger partial charge in [0, 0.05) is 52.6 Å². The Morgan fingerprint density at radius 1 is 1.03 bits per heavy atom. The van der Waals surface area contributed by atoms with Crippen molar-refractivity contribution in [1.82, 2.24) is 0 Å². The average Bonchev–Trinajstić information content (AvgIpc) is 2.93. The molecule has 3 aromatic rings. The number of allylic oxidation sites excluding steroid dienone is 2. The number of carbonyl (C=O) groups excluding carboxylic acids is 1. The second-order valence-electron chi connectivity index (χ2n) is 9.43. The van der Waals surface area contributed by atoms with E-state index in [1.54, 1.807) is 48.4 Å². The topological polar surface area (TPSA) is 117 Å². The maximum absolute atomic E-state index is 13.5. The molecular formula is C30H27N3O5. The normalized spacial score (nSPS) is 18.8. The molecule has 0 spiro atoms. The number of benzene rings is 3. The molecule has 0 fully saturated rings. The lowest BCUT2D eigenvalue weighted by atomic mass is 9.73. The van der Waals surface area contributed by atoms with Crippen molar-refractivity contribution in [2.75, 3.05) is 12.0 Å². The maximum Gasteiger partial charge on any atom is 0.269 e. The summed E-state index contributed by atoms with van der Waals surface area (Å²) >= 11 is 0. The molecule has 8 heteroatoms. The summed E-state index contributed by atoms with van der Waals surface area (Å²) in [6.45, 7) is 1.95. The van der Waals surface area contributed by atoms with Gasteiger partial charge in [-0.15, -0.1) is 0 Å². The number of aryl methyl sites for hydroxylation is 1. The highest BCUT2D eigenvalue weighted by atomic mass is 16.6. The van der Waals surface area contributed by atoms with Gasteiger partial charge in [-0.2, -0.15) is 0 Å². The molecule has 0 amide bonds. The van der Waals surface area contributed by atoms with E-state index in [4.69, 9.17) is 4.74 Å². The highest BCUT2D eigenvalue weighted by molar-refractivity contribution is 6.19. The largest absolute Gasteiger partial charge is 0.507 e. The number of amidine groups is 1. The molecule has 1 aliphatic heterocycles. The van der Waals surface area contributed by atoms with E-state index >= 15 is 0 Å². The second kappa shape index (κ2) is 9.97. The number of non-ortho nitro benzene ring substituents is 1. The molecule has 38 heavy (non-hydrogen) atoms. The molecule has 1 atom stereocenters. The number of methoxy groups -OCH3 is 1. The third-order valence-corrected chi connectivity index (χ3v) is 7.10. The molecule has 0 unspecified atom stereocenters. The maximum atomic E-state index is 13.5. The van der Waals surface area contributed by atoms with E-state index in [0.717, 1.165) is 11.1 Å². The summed E-state index contributed by atoms with van der Waals surface area (Å²) in [7, 11) is 1.58. The van der Waals surface area contributed by atoms with Crippen LogP contribution in [0.5, 0.6) is 5.75 Å². The Labute approximate surface area is 220 Å². The molecule has 0 bridgehead atoms. The Bertz CT molecular complexity index is 1490. The van der Waals surface area contributed by atoms with Gasteiger partial charge in [-0.3, -0.25) is 25.2 Å². The summed E-state index contributed by atoms with van der Waals surface area (Å²) in [6.07, 6.45) is 1.56. The lowest BCUT2D eigenvalue weighted by Gasteiger charge is -2.41. The van der Waals surface area contributed by atoms with Gasteiger partial charge in [0.15, 0.2) is 5.78 Å². The molecule has 5 rings (SSSR count). The van der Waals surface area contributed by atoms with Gasteiger partial charge in [0.1, 0.15) is 17.3 Å². The number of nitro benzene ring substituents is 1. The van der Waals surface area contributed by atoms with Crippen molar-refractivity contribution >= 4 is 28.8 Å². The minimum Gasteiger partial charge on any atom is -0.507 e. The molecule has 0 saturated heterocycles. The summed E-state index contributed by atoms with van der Waals surface area (Å²) in [5.74, 6) is -0.115. The SMILES string of the molecule is COc1ccc([C@H]2C(=C(O)c3ccc(C)cc3)C(=N)N(c3ccc([N+](=O)[O-])cc3)C3=C2C(=O)CCC3)cc1. The summed E-state index contributed by atoms with van der Waals surface area (Å²) in [5.41, 5.74) is 4.28. The minimum absolute atomic E-state index is 0.0196. The lowest BCUT2D eigenvalue weighted by molar-refractivity contribution is -0.384.